The highest BCUT2D eigenvalue weighted by Gasteiger charge is 2.51. The predicted molar refractivity (Wildman–Crippen MR) is 88.7 cm³/mol. The molecule has 23 heavy (non-hydrogen) atoms. The maximum atomic E-state index is 13.0. The van der Waals surface area contributed by atoms with E-state index in [1.807, 2.05) is 12.5 Å². The van der Waals surface area contributed by atoms with Crippen LogP contribution in [0.4, 0.5) is 0 Å². The second-order valence-corrected chi connectivity index (χ2v) is 7.80. The van der Waals surface area contributed by atoms with E-state index in [4.69, 9.17) is 0 Å². The van der Waals surface area contributed by atoms with Gasteiger partial charge in [0, 0.05) is 45.3 Å². The average molecular weight is 316 g/mol. The van der Waals surface area contributed by atoms with E-state index in [2.05, 4.69) is 26.4 Å². The number of hydrogen-bond donors (Lipinski definition) is 0. The van der Waals surface area contributed by atoms with Crippen LogP contribution in [0.3, 0.4) is 0 Å². The van der Waals surface area contributed by atoms with Crippen LogP contribution >= 0.6 is 0 Å². The van der Waals surface area contributed by atoms with Crippen LogP contribution in [0.25, 0.3) is 0 Å². The molecule has 4 rings (SSSR count). The second-order valence-electron chi connectivity index (χ2n) is 7.80. The van der Waals surface area contributed by atoms with Crippen molar-refractivity contribution in [2.75, 3.05) is 26.2 Å². The highest BCUT2D eigenvalue weighted by Crippen LogP contribution is 2.50. The van der Waals surface area contributed by atoms with Crippen LogP contribution in [-0.4, -0.2) is 51.4 Å². The fraction of sp³-hybridized carbons (Fsp3) is 0.778. The smallest absolute Gasteiger partial charge is 0.226 e. The lowest BCUT2D eigenvalue weighted by atomic mass is 9.76. The first kappa shape index (κ1) is 15.2. The molecule has 1 aromatic heterocycles. The molecular formula is C18H28N4O. The van der Waals surface area contributed by atoms with Crippen molar-refractivity contribution in [1.82, 2.24) is 19.4 Å². The van der Waals surface area contributed by atoms with Gasteiger partial charge < -0.3 is 9.47 Å². The molecule has 2 aliphatic heterocycles. The first-order valence-corrected chi connectivity index (χ1v) is 9.14. The lowest BCUT2D eigenvalue weighted by Crippen LogP contribution is -2.42. The Bertz CT molecular complexity index is 577. The summed E-state index contributed by atoms with van der Waals surface area (Å²) < 4.78 is 2.10. The van der Waals surface area contributed by atoms with E-state index >= 15 is 0 Å². The van der Waals surface area contributed by atoms with Crippen LogP contribution in [-0.2, 0) is 18.4 Å². The summed E-state index contributed by atoms with van der Waals surface area (Å²) in [6.45, 7) is 5.15. The zero-order valence-corrected chi connectivity index (χ0v) is 14.2. The molecule has 1 aliphatic carbocycles. The normalized spacial score (nSPS) is 31.5. The summed E-state index contributed by atoms with van der Waals surface area (Å²) in [5.41, 5.74) is 1.51. The largest absolute Gasteiger partial charge is 0.342 e. The number of rotatable bonds is 3. The van der Waals surface area contributed by atoms with Crippen molar-refractivity contribution in [3.05, 3.63) is 18.2 Å². The monoisotopic (exact) mass is 316 g/mol. The molecule has 1 saturated carbocycles. The van der Waals surface area contributed by atoms with Crippen molar-refractivity contribution in [3.63, 3.8) is 0 Å². The third kappa shape index (κ3) is 2.69. The van der Waals surface area contributed by atoms with Gasteiger partial charge in [0.25, 0.3) is 0 Å². The standard InChI is InChI=1S/C18H28N4O/c1-20-14-19-11-15(20)12-21-10-7-18(13-21)6-4-5-16(18)17(23)22-8-2-3-9-22/h11,14,16H,2-10,12-13H2,1H3/t16-,18+/m1/s1. The van der Waals surface area contributed by atoms with Crippen LogP contribution in [0.1, 0.15) is 44.2 Å². The minimum atomic E-state index is 0.248. The summed E-state index contributed by atoms with van der Waals surface area (Å²) in [6.07, 6.45) is 11.0. The van der Waals surface area contributed by atoms with Crippen LogP contribution in [0.2, 0.25) is 0 Å². The van der Waals surface area contributed by atoms with Gasteiger partial charge in [-0.15, -0.1) is 0 Å². The van der Waals surface area contributed by atoms with Gasteiger partial charge in [-0.1, -0.05) is 6.42 Å². The highest BCUT2D eigenvalue weighted by molar-refractivity contribution is 5.80. The lowest BCUT2D eigenvalue weighted by Gasteiger charge is -2.33. The van der Waals surface area contributed by atoms with Crippen LogP contribution in [0.15, 0.2) is 12.5 Å². The number of carbonyl (C=O) groups excluding carboxylic acids is 1. The Morgan fingerprint density at radius 2 is 2.09 bits per heavy atom. The zero-order chi connectivity index (χ0) is 15.9. The van der Waals surface area contributed by atoms with Crippen molar-refractivity contribution in [2.24, 2.45) is 18.4 Å². The fourth-order valence-electron chi connectivity index (χ4n) is 5.06. The van der Waals surface area contributed by atoms with E-state index in [1.165, 1.54) is 37.8 Å². The number of carbonyl (C=O) groups is 1. The van der Waals surface area contributed by atoms with Gasteiger partial charge in [0.1, 0.15) is 0 Å². The van der Waals surface area contributed by atoms with Crippen LogP contribution in [0, 0.1) is 11.3 Å². The van der Waals surface area contributed by atoms with Gasteiger partial charge in [-0.25, -0.2) is 4.98 Å². The number of imidazole rings is 1. The molecule has 5 heteroatoms. The number of nitrogens with zero attached hydrogens (tertiary/aromatic N) is 4. The topological polar surface area (TPSA) is 41.4 Å². The maximum Gasteiger partial charge on any atom is 0.226 e. The second kappa shape index (κ2) is 5.93. The van der Waals surface area contributed by atoms with Crippen molar-refractivity contribution < 1.29 is 4.79 Å². The Hall–Kier alpha value is -1.36. The van der Waals surface area contributed by atoms with E-state index in [9.17, 15) is 4.79 Å². The van der Waals surface area contributed by atoms with Crippen molar-refractivity contribution >= 4 is 5.91 Å². The molecule has 3 fully saturated rings. The average Bonchev–Trinajstić information content (AvgIpc) is 3.31. The summed E-state index contributed by atoms with van der Waals surface area (Å²) >= 11 is 0. The Labute approximate surface area is 138 Å². The molecule has 0 unspecified atom stereocenters. The molecule has 3 heterocycles. The predicted octanol–water partition coefficient (Wildman–Crippen LogP) is 2.03. The first-order chi connectivity index (χ1) is 11.2. The third-order valence-corrected chi connectivity index (χ3v) is 6.39. The summed E-state index contributed by atoms with van der Waals surface area (Å²) in [5, 5.41) is 0. The summed E-state index contributed by atoms with van der Waals surface area (Å²) in [5.74, 6) is 0.736. The van der Waals surface area contributed by atoms with Crippen molar-refractivity contribution in [3.8, 4) is 0 Å². The number of hydrogen-bond acceptors (Lipinski definition) is 3. The Kier molecular flexibility index (Phi) is 3.92. The number of aromatic nitrogens is 2. The molecule has 2 atom stereocenters. The fourth-order valence-corrected chi connectivity index (χ4v) is 5.06. The molecule has 1 amide bonds. The molecule has 0 radical (unpaired) electrons. The Morgan fingerprint density at radius 3 is 2.83 bits per heavy atom. The van der Waals surface area contributed by atoms with E-state index in [0.717, 1.165) is 39.1 Å². The summed E-state index contributed by atoms with van der Waals surface area (Å²) in [6, 6.07) is 0. The van der Waals surface area contributed by atoms with Crippen LogP contribution in [0.5, 0.6) is 0 Å². The Morgan fingerprint density at radius 1 is 1.26 bits per heavy atom. The van der Waals surface area contributed by atoms with Gasteiger partial charge in [-0.3, -0.25) is 9.69 Å². The summed E-state index contributed by atoms with van der Waals surface area (Å²) in [4.78, 5) is 21.9. The van der Waals surface area contributed by atoms with Gasteiger partial charge >= 0.3 is 0 Å². The maximum absolute atomic E-state index is 13.0. The minimum absolute atomic E-state index is 0.248. The molecule has 1 aromatic rings. The van der Waals surface area contributed by atoms with E-state index in [-0.39, 0.29) is 11.3 Å². The molecular weight excluding hydrogens is 288 g/mol. The molecule has 3 aliphatic rings. The highest BCUT2D eigenvalue weighted by atomic mass is 16.2. The van der Waals surface area contributed by atoms with Gasteiger partial charge in [-0.2, -0.15) is 0 Å². The van der Waals surface area contributed by atoms with Gasteiger partial charge in [-0.05, 0) is 44.1 Å². The molecule has 1 spiro atoms. The van der Waals surface area contributed by atoms with Gasteiger partial charge in [0.05, 0.1) is 12.0 Å². The Balaban J connectivity index is 1.45. The molecule has 126 valence electrons. The molecule has 0 aromatic carbocycles. The molecule has 0 N–H and O–H groups in total. The van der Waals surface area contributed by atoms with Crippen molar-refractivity contribution in [1.29, 1.82) is 0 Å². The molecule has 0 bridgehead atoms. The third-order valence-electron chi connectivity index (χ3n) is 6.39. The minimum Gasteiger partial charge on any atom is -0.342 e. The number of amides is 1. The quantitative estimate of drug-likeness (QED) is 0.857. The summed E-state index contributed by atoms with van der Waals surface area (Å²) in [7, 11) is 2.06. The van der Waals surface area contributed by atoms with Gasteiger partial charge in [0.15, 0.2) is 0 Å². The lowest BCUT2D eigenvalue weighted by molar-refractivity contribution is -0.137. The van der Waals surface area contributed by atoms with Gasteiger partial charge in [0.2, 0.25) is 5.91 Å². The SMILES string of the molecule is Cn1cncc1CN1CC[C@@]2(CCC[C@@H]2C(=O)N2CCCC2)C1. The van der Waals surface area contributed by atoms with E-state index in [0.29, 0.717) is 5.91 Å². The van der Waals surface area contributed by atoms with Crippen molar-refractivity contribution in [2.45, 2.75) is 45.1 Å². The first-order valence-electron chi connectivity index (χ1n) is 9.14. The molecule has 5 nitrogen and oxygen atoms in total. The number of aryl methyl sites for hydroxylation is 1. The molecule has 2 saturated heterocycles. The zero-order valence-electron chi connectivity index (χ0n) is 14.2. The van der Waals surface area contributed by atoms with E-state index in [1.54, 1.807) is 0 Å². The van der Waals surface area contributed by atoms with Crippen LogP contribution < -0.4 is 0 Å². The number of likely N-dealkylation sites (tertiary alicyclic amines) is 2. The van der Waals surface area contributed by atoms with E-state index < -0.39 is 0 Å².